The highest BCUT2D eigenvalue weighted by molar-refractivity contribution is 5.16. The topological polar surface area (TPSA) is 41.3 Å². The van der Waals surface area contributed by atoms with Crippen LogP contribution in [0.2, 0.25) is 0 Å². The Morgan fingerprint density at radius 1 is 1.26 bits per heavy atom. The van der Waals surface area contributed by atoms with Crippen LogP contribution in [0, 0.1) is 11.7 Å². The minimum Gasteiger partial charge on any atom is -0.329 e. The third-order valence-electron chi connectivity index (χ3n) is 3.86. The monoisotopic (exact) mass is 265 g/mol. The van der Waals surface area contributed by atoms with Crippen LogP contribution >= 0.6 is 0 Å². The third-order valence-corrected chi connectivity index (χ3v) is 3.86. The van der Waals surface area contributed by atoms with Crippen molar-refractivity contribution in [3.8, 4) is 0 Å². The summed E-state index contributed by atoms with van der Waals surface area (Å²) in [5, 5.41) is 3.38. The van der Waals surface area contributed by atoms with E-state index in [2.05, 4.69) is 10.2 Å². The summed E-state index contributed by atoms with van der Waals surface area (Å²) < 4.78 is 13.4. The lowest BCUT2D eigenvalue weighted by molar-refractivity contribution is 0.186. The first kappa shape index (κ1) is 14.4. The molecule has 106 valence electrons. The van der Waals surface area contributed by atoms with Crippen LogP contribution in [0.3, 0.4) is 0 Å². The van der Waals surface area contributed by atoms with Crippen LogP contribution in [0.15, 0.2) is 24.3 Å². The molecule has 1 saturated heterocycles. The highest BCUT2D eigenvalue weighted by atomic mass is 19.1. The van der Waals surface area contributed by atoms with Gasteiger partial charge < -0.3 is 16.0 Å². The molecule has 3 nitrogen and oxygen atoms in total. The molecule has 4 heteroatoms. The Morgan fingerprint density at radius 2 is 2.00 bits per heavy atom. The number of rotatable bonds is 6. The first-order chi connectivity index (χ1) is 9.29. The number of hydrogen-bond donors (Lipinski definition) is 2. The minimum absolute atomic E-state index is 0.118. The Labute approximate surface area is 115 Å². The third kappa shape index (κ3) is 4.56. The second-order valence-electron chi connectivity index (χ2n) is 5.30. The molecule has 0 aromatic heterocycles. The van der Waals surface area contributed by atoms with E-state index in [4.69, 9.17) is 5.73 Å². The Kier molecular flexibility index (Phi) is 5.76. The smallest absolute Gasteiger partial charge is 0.127 e. The molecule has 0 unspecified atom stereocenters. The van der Waals surface area contributed by atoms with Crippen LogP contribution in [0.4, 0.5) is 4.39 Å². The van der Waals surface area contributed by atoms with Crippen molar-refractivity contribution in [1.29, 1.82) is 0 Å². The van der Waals surface area contributed by atoms with Crippen molar-refractivity contribution in [1.82, 2.24) is 10.2 Å². The zero-order chi connectivity index (χ0) is 13.5. The van der Waals surface area contributed by atoms with Gasteiger partial charge in [-0.15, -0.1) is 0 Å². The molecule has 1 aromatic carbocycles. The molecule has 1 fully saturated rings. The van der Waals surface area contributed by atoms with Gasteiger partial charge in [0.2, 0.25) is 0 Å². The lowest BCUT2D eigenvalue weighted by Crippen LogP contribution is -2.39. The Balaban J connectivity index is 1.66. The standard InChI is InChI=1S/C15H24FN3/c16-15-4-2-1-3-14(15)12-18-11-13-5-8-19(9-6-13)10-7-17/h1-4,13,18H,5-12,17H2. The van der Waals surface area contributed by atoms with E-state index in [9.17, 15) is 4.39 Å². The average molecular weight is 265 g/mol. The van der Waals surface area contributed by atoms with Gasteiger partial charge in [0.05, 0.1) is 0 Å². The van der Waals surface area contributed by atoms with Gasteiger partial charge in [0, 0.05) is 25.2 Å². The summed E-state index contributed by atoms with van der Waals surface area (Å²) in [5.74, 6) is 0.591. The number of likely N-dealkylation sites (tertiary alicyclic amines) is 1. The first-order valence-electron chi connectivity index (χ1n) is 7.16. The van der Waals surface area contributed by atoms with E-state index in [0.717, 1.165) is 38.3 Å². The summed E-state index contributed by atoms with van der Waals surface area (Å²) in [6.07, 6.45) is 2.43. The zero-order valence-corrected chi connectivity index (χ0v) is 11.4. The van der Waals surface area contributed by atoms with E-state index in [-0.39, 0.29) is 5.82 Å². The molecule has 0 saturated carbocycles. The molecule has 1 aliphatic heterocycles. The highest BCUT2D eigenvalue weighted by Crippen LogP contribution is 2.16. The molecule has 0 atom stereocenters. The summed E-state index contributed by atoms with van der Waals surface area (Å²) in [6, 6.07) is 6.96. The van der Waals surface area contributed by atoms with Gasteiger partial charge in [-0.3, -0.25) is 0 Å². The number of benzene rings is 1. The second-order valence-corrected chi connectivity index (χ2v) is 5.30. The number of halogens is 1. The van der Waals surface area contributed by atoms with Crippen molar-refractivity contribution < 1.29 is 4.39 Å². The van der Waals surface area contributed by atoms with Gasteiger partial charge in [-0.2, -0.15) is 0 Å². The summed E-state index contributed by atoms with van der Waals surface area (Å²) in [7, 11) is 0. The van der Waals surface area contributed by atoms with E-state index in [1.807, 2.05) is 12.1 Å². The van der Waals surface area contributed by atoms with Crippen molar-refractivity contribution >= 4 is 0 Å². The quantitative estimate of drug-likeness (QED) is 0.820. The zero-order valence-electron chi connectivity index (χ0n) is 11.4. The summed E-state index contributed by atoms with van der Waals surface area (Å²) in [4.78, 5) is 2.42. The van der Waals surface area contributed by atoms with Crippen molar-refractivity contribution in [2.45, 2.75) is 19.4 Å². The van der Waals surface area contributed by atoms with E-state index in [1.165, 1.54) is 18.9 Å². The summed E-state index contributed by atoms with van der Waals surface area (Å²) >= 11 is 0. The number of nitrogens with one attached hydrogen (secondary N) is 1. The van der Waals surface area contributed by atoms with Crippen molar-refractivity contribution in [3.05, 3.63) is 35.6 Å². The highest BCUT2D eigenvalue weighted by Gasteiger charge is 2.18. The molecule has 3 N–H and O–H groups in total. The normalized spacial score (nSPS) is 17.8. The molecule has 0 bridgehead atoms. The number of nitrogens with two attached hydrogens (primary N) is 1. The lowest BCUT2D eigenvalue weighted by Gasteiger charge is -2.31. The van der Waals surface area contributed by atoms with Gasteiger partial charge in [-0.25, -0.2) is 4.39 Å². The SMILES string of the molecule is NCCN1CCC(CNCc2ccccc2F)CC1. The van der Waals surface area contributed by atoms with Crippen LogP contribution in [-0.4, -0.2) is 37.6 Å². The van der Waals surface area contributed by atoms with Crippen LogP contribution in [0.5, 0.6) is 0 Å². The molecular weight excluding hydrogens is 241 g/mol. The van der Waals surface area contributed by atoms with Crippen molar-refractivity contribution in [2.75, 3.05) is 32.7 Å². The first-order valence-corrected chi connectivity index (χ1v) is 7.16. The van der Waals surface area contributed by atoms with Crippen LogP contribution in [0.1, 0.15) is 18.4 Å². The van der Waals surface area contributed by atoms with E-state index in [0.29, 0.717) is 12.5 Å². The molecule has 0 amide bonds. The number of piperidine rings is 1. The fourth-order valence-corrected chi connectivity index (χ4v) is 2.65. The van der Waals surface area contributed by atoms with E-state index in [1.54, 1.807) is 6.07 Å². The maximum absolute atomic E-state index is 13.4. The van der Waals surface area contributed by atoms with E-state index >= 15 is 0 Å². The molecule has 1 heterocycles. The van der Waals surface area contributed by atoms with Gasteiger partial charge in [0.25, 0.3) is 0 Å². The minimum atomic E-state index is -0.118. The maximum atomic E-state index is 13.4. The molecule has 2 rings (SSSR count). The molecule has 19 heavy (non-hydrogen) atoms. The molecule has 0 spiro atoms. The van der Waals surface area contributed by atoms with Crippen LogP contribution < -0.4 is 11.1 Å². The fraction of sp³-hybridized carbons (Fsp3) is 0.600. The predicted molar refractivity (Wildman–Crippen MR) is 76.3 cm³/mol. The van der Waals surface area contributed by atoms with Gasteiger partial charge in [0.15, 0.2) is 0 Å². The predicted octanol–water partition coefficient (Wildman–Crippen LogP) is 1.59. The molecule has 0 radical (unpaired) electrons. The number of hydrogen-bond acceptors (Lipinski definition) is 3. The van der Waals surface area contributed by atoms with Gasteiger partial charge in [-0.05, 0) is 44.5 Å². The van der Waals surface area contributed by atoms with Crippen LogP contribution in [-0.2, 0) is 6.54 Å². The molecule has 1 aromatic rings. The summed E-state index contributed by atoms with van der Waals surface area (Å²) in [6.45, 7) is 5.64. The Bertz CT molecular complexity index is 375. The van der Waals surface area contributed by atoms with Gasteiger partial charge >= 0.3 is 0 Å². The number of nitrogens with zero attached hydrogens (tertiary/aromatic N) is 1. The van der Waals surface area contributed by atoms with Crippen molar-refractivity contribution in [2.24, 2.45) is 11.7 Å². The molecule has 0 aliphatic carbocycles. The van der Waals surface area contributed by atoms with Gasteiger partial charge in [0.1, 0.15) is 5.82 Å². The fourth-order valence-electron chi connectivity index (χ4n) is 2.65. The Morgan fingerprint density at radius 3 is 2.68 bits per heavy atom. The largest absolute Gasteiger partial charge is 0.329 e. The average Bonchev–Trinajstić information content (AvgIpc) is 2.43. The van der Waals surface area contributed by atoms with Crippen molar-refractivity contribution in [3.63, 3.8) is 0 Å². The van der Waals surface area contributed by atoms with Gasteiger partial charge in [-0.1, -0.05) is 18.2 Å². The summed E-state index contributed by atoms with van der Waals surface area (Å²) in [5.41, 5.74) is 6.32. The lowest BCUT2D eigenvalue weighted by atomic mass is 9.96. The second kappa shape index (κ2) is 7.58. The molecule has 1 aliphatic rings. The molecular formula is C15H24FN3. The van der Waals surface area contributed by atoms with Crippen LogP contribution in [0.25, 0.3) is 0 Å². The Hall–Kier alpha value is -0.970. The van der Waals surface area contributed by atoms with E-state index < -0.39 is 0 Å². The maximum Gasteiger partial charge on any atom is 0.127 e.